The highest BCUT2D eigenvalue weighted by Crippen LogP contribution is 2.29. The largest absolute Gasteiger partial charge is 0.426 e. The Morgan fingerprint density at radius 3 is 2.70 bits per heavy atom. The SMILES string of the molecule is O=Cc1cc([N+](=O)[O-])ccc1OC(=O)CC1CCCC1. The first kappa shape index (κ1) is 14.2. The van der Waals surface area contributed by atoms with E-state index in [0.717, 1.165) is 31.7 Å². The summed E-state index contributed by atoms with van der Waals surface area (Å²) in [5.41, 5.74) is -0.193. The molecular formula is C14H15NO5. The number of esters is 1. The highest BCUT2D eigenvalue weighted by molar-refractivity contribution is 5.83. The predicted octanol–water partition coefficient (Wildman–Crippen LogP) is 2.89. The van der Waals surface area contributed by atoms with Crippen LogP contribution in [-0.2, 0) is 4.79 Å². The molecule has 20 heavy (non-hydrogen) atoms. The van der Waals surface area contributed by atoms with E-state index in [1.54, 1.807) is 0 Å². The zero-order valence-electron chi connectivity index (χ0n) is 10.9. The van der Waals surface area contributed by atoms with Crippen LogP contribution >= 0.6 is 0 Å². The van der Waals surface area contributed by atoms with Gasteiger partial charge in [-0.1, -0.05) is 12.8 Å². The topological polar surface area (TPSA) is 86.5 Å². The molecule has 0 heterocycles. The summed E-state index contributed by atoms with van der Waals surface area (Å²) in [5, 5.41) is 10.6. The molecule has 1 aromatic rings. The maximum Gasteiger partial charge on any atom is 0.311 e. The third kappa shape index (κ3) is 3.40. The van der Waals surface area contributed by atoms with Crippen molar-refractivity contribution in [2.75, 3.05) is 0 Å². The Balaban J connectivity index is 2.06. The number of nitro benzene ring substituents is 1. The lowest BCUT2D eigenvalue weighted by molar-refractivity contribution is -0.384. The molecule has 1 aliphatic rings. The highest BCUT2D eigenvalue weighted by atomic mass is 16.6. The third-order valence-corrected chi connectivity index (χ3v) is 3.49. The molecule has 0 aliphatic heterocycles. The Morgan fingerprint density at radius 1 is 1.40 bits per heavy atom. The Morgan fingerprint density at radius 2 is 2.10 bits per heavy atom. The monoisotopic (exact) mass is 277 g/mol. The van der Waals surface area contributed by atoms with Crippen molar-refractivity contribution in [3.63, 3.8) is 0 Å². The van der Waals surface area contributed by atoms with Crippen LogP contribution in [0.15, 0.2) is 18.2 Å². The van der Waals surface area contributed by atoms with E-state index >= 15 is 0 Å². The minimum Gasteiger partial charge on any atom is -0.426 e. The van der Waals surface area contributed by atoms with Gasteiger partial charge in [0.25, 0.3) is 5.69 Å². The summed E-state index contributed by atoms with van der Waals surface area (Å²) in [6.45, 7) is 0. The van der Waals surface area contributed by atoms with Gasteiger partial charge < -0.3 is 4.74 Å². The van der Waals surface area contributed by atoms with E-state index in [2.05, 4.69) is 0 Å². The molecule has 0 N–H and O–H groups in total. The lowest BCUT2D eigenvalue weighted by Crippen LogP contribution is -2.13. The van der Waals surface area contributed by atoms with Crippen LogP contribution in [0.4, 0.5) is 5.69 Å². The minimum absolute atomic E-state index is 0.0129. The van der Waals surface area contributed by atoms with Gasteiger partial charge in [-0.15, -0.1) is 0 Å². The number of non-ortho nitro benzene ring substituents is 1. The second kappa shape index (κ2) is 6.27. The lowest BCUT2D eigenvalue weighted by atomic mass is 10.0. The average Bonchev–Trinajstić information content (AvgIpc) is 2.91. The molecule has 6 heteroatoms. The molecule has 0 atom stereocenters. The third-order valence-electron chi connectivity index (χ3n) is 3.49. The quantitative estimate of drug-likeness (QED) is 0.271. The van der Waals surface area contributed by atoms with Gasteiger partial charge in [-0.3, -0.25) is 19.7 Å². The molecule has 0 aromatic heterocycles. The van der Waals surface area contributed by atoms with Crippen molar-refractivity contribution in [3.05, 3.63) is 33.9 Å². The van der Waals surface area contributed by atoms with E-state index in [1.165, 1.54) is 12.1 Å². The molecule has 6 nitrogen and oxygen atoms in total. The zero-order valence-corrected chi connectivity index (χ0v) is 10.9. The number of aldehydes is 1. The maximum atomic E-state index is 11.8. The lowest BCUT2D eigenvalue weighted by Gasteiger charge is -2.09. The van der Waals surface area contributed by atoms with Gasteiger partial charge in [-0.05, 0) is 24.8 Å². The number of nitrogens with zero attached hydrogens (tertiary/aromatic N) is 1. The predicted molar refractivity (Wildman–Crippen MR) is 70.7 cm³/mol. The first-order chi connectivity index (χ1) is 9.60. The van der Waals surface area contributed by atoms with Crippen molar-refractivity contribution in [1.82, 2.24) is 0 Å². The van der Waals surface area contributed by atoms with Gasteiger partial charge in [-0.2, -0.15) is 0 Å². The number of carbonyl (C=O) groups is 2. The second-order valence-electron chi connectivity index (χ2n) is 4.93. The van der Waals surface area contributed by atoms with Crippen LogP contribution in [-0.4, -0.2) is 17.2 Å². The van der Waals surface area contributed by atoms with Gasteiger partial charge in [-0.25, -0.2) is 0 Å². The summed E-state index contributed by atoms with van der Waals surface area (Å²) in [4.78, 5) is 32.7. The van der Waals surface area contributed by atoms with Crippen LogP contribution in [0.25, 0.3) is 0 Å². The smallest absolute Gasteiger partial charge is 0.311 e. The van der Waals surface area contributed by atoms with Crippen LogP contribution in [0.1, 0.15) is 42.5 Å². The van der Waals surface area contributed by atoms with Crippen molar-refractivity contribution in [2.45, 2.75) is 32.1 Å². The van der Waals surface area contributed by atoms with Crippen molar-refractivity contribution in [2.24, 2.45) is 5.92 Å². The van der Waals surface area contributed by atoms with Crippen LogP contribution in [0.5, 0.6) is 5.75 Å². The summed E-state index contributed by atoms with van der Waals surface area (Å²) in [6.07, 6.45) is 5.09. The molecule has 2 rings (SSSR count). The van der Waals surface area contributed by atoms with Gasteiger partial charge in [0.1, 0.15) is 5.75 Å². The van der Waals surface area contributed by atoms with Crippen LogP contribution in [0, 0.1) is 16.0 Å². The molecule has 0 saturated heterocycles. The molecule has 1 aliphatic carbocycles. The van der Waals surface area contributed by atoms with Crippen molar-refractivity contribution >= 4 is 17.9 Å². The van der Waals surface area contributed by atoms with Gasteiger partial charge in [0.15, 0.2) is 6.29 Å². The summed E-state index contributed by atoms with van der Waals surface area (Å²) in [6, 6.07) is 3.60. The molecule has 0 spiro atoms. The fourth-order valence-corrected chi connectivity index (χ4v) is 2.45. The van der Waals surface area contributed by atoms with E-state index < -0.39 is 10.9 Å². The zero-order chi connectivity index (χ0) is 14.5. The summed E-state index contributed by atoms with van der Waals surface area (Å²) >= 11 is 0. The number of ether oxygens (including phenoxy) is 1. The van der Waals surface area contributed by atoms with E-state index in [0.29, 0.717) is 18.6 Å². The van der Waals surface area contributed by atoms with Crippen molar-refractivity contribution < 1.29 is 19.2 Å². The van der Waals surface area contributed by atoms with Crippen LogP contribution in [0.3, 0.4) is 0 Å². The molecule has 0 radical (unpaired) electrons. The number of rotatable bonds is 5. The number of hydrogen-bond acceptors (Lipinski definition) is 5. The average molecular weight is 277 g/mol. The van der Waals surface area contributed by atoms with Gasteiger partial charge in [0.05, 0.1) is 10.5 Å². The Bertz CT molecular complexity index is 534. The van der Waals surface area contributed by atoms with Gasteiger partial charge in [0.2, 0.25) is 0 Å². The van der Waals surface area contributed by atoms with Crippen LogP contribution < -0.4 is 4.74 Å². The summed E-state index contributed by atoms with van der Waals surface area (Å²) in [5.74, 6) is 0.0303. The van der Waals surface area contributed by atoms with E-state index in [-0.39, 0.29) is 17.0 Å². The van der Waals surface area contributed by atoms with Crippen molar-refractivity contribution in [1.29, 1.82) is 0 Å². The Kier molecular flexibility index (Phi) is 4.45. The van der Waals surface area contributed by atoms with Gasteiger partial charge in [0, 0.05) is 18.6 Å². The second-order valence-corrected chi connectivity index (χ2v) is 4.93. The molecule has 0 amide bonds. The number of carbonyl (C=O) groups excluding carboxylic acids is 2. The molecule has 0 unspecified atom stereocenters. The Labute approximate surface area is 115 Å². The summed E-state index contributed by atoms with van der Waals surface area (Å²) in [7, 11) is 0. The van der Waals surface area contributed by atoms with E-state index in [1.807, 2.05) is 0 Å². The Hall–Kier alpha value is -2.24. The first-order valence-electron chi connectivity index (χ1n) is 6.54. The summed E-state index contributed by atoms with van der Waals surface area (Å²) < 4.78 is 5.14. The van der Waals surface area contributed by atoms with Crippen molar-refractivity contribution in [3.8, 4) is 5.75 Å². The first-order valence-corrected chi connectivity index (χ1v) is 6.54. The fraction of sp³-hybridized carbons (Fsp3) is 0.429. The fourth-order valence-electron chi connectivity index (χ4n) is 2.45. The molecule has 1 fully saturated rings. The molecular weight excluding hydrogens is 262 g/mol. The molecule has 1 aromatic carbocycles. The number of nitro groups is 1. The normalized spacial score (nSPS) is 15.0. The number of hydrogen-bond donors (Lipinski definition) is 0. The molecule has 106 valence electrons. The van der Waals surface area contributed by atoms with E-state index in [9.17, 15) is 19.7 Å². The molecule has 1 saturated carbocycles. The highest BCUT2D eigenvalue weighted by Gasteiger charge is 2.21. The van der Waals surface area contributed by atoms with Gasteiger partial charge >= 0.3 is 5.97 Å². The van der Waals surface area contributed by atoms with E-state index in [4.69, 9.17) is 4.74 Å². The number of benzene rings is 1. The standard InChI is InChI=1S/C14H15NO5/c16-9-11-8-12(15(18)19)5-6-13(11)20-14(17)7-10-3-1-2-4-10/h5-6,8-10H,1-4,7H2. The minimum atomic E-state index is -0.600. The van der Waals surface area contributed by atoms with Crippen LogP contribution in [0.2, 0.25) is 0 Å². The maximum absolute atomic E-state index is 11.8. The molecule has 0 bridgehead atoms.